The molecule has 1 fully saturated rings. The second-order valence-corrected chi connectivity index (χ2v) is 4.49. The Morgan fingerprint density at radius 1 is 1.42 bits per heavy atom. The monoisotopic (exact) mass is 245 g/mol. The number of hydrogen-bond donors (Lipinski definition) is 0. The molecule has 0 amide bonds. The molecule has 0 aliphatic carbocycles. The molecule has 64 valence electrons. The predicted octanol–water partition coefficient (Wildman–Crippen LogP) is 1.75. The number of rotatable bonds is 1. The Balaban J connectivity index is 2.17. The maximum atomic E-state index is 4.21. The lowest BCUT2D eigenvalue weighted by molar-refractivity contribution is 0.915. The first kappa shape index (κ1) is 8.31. The number of nitrogens with zero attached hydrogens (tertiary/aromatic N) is 3. The van der Waals surface area contributed by atoms with Crippen molar-refractivity contribution in [3.63, 3.8) is 0 Å². The molecule has 0 N–H and O–H groups in total. The smallest absolute Gasteiger partial charge is 0.226 e. The van der Waals surface area contributed by atoms with Gasteiger partial charge in [0.15, 0.2) is 0 Å². The first-order chi connectivity index (χ1) is 5.86. The molecule has 0 bridgehead atoms. The number of thioether (sulfide) groups is 1. The Bertz CT molecular complexity index is 258. The van der Waals surface area contributed by atoms with Crippen molar-refractivity contribution in [1.82, 2.24) is 9.97 Å². The molecule has 0 spiro atoms. The molecule has 0 aromatic carbocycles. The summed E-state index contributed by atoms with van der Waals surface area (Å²) in [7, 11) is 0. The fourth-order valence-corrected chi connectivity index (χ4v) is 2.19. The summed E-state index contributed by atoms with van der Waals surface area (Å²) in [6, 6.07) is 0. The van der Waals surface area contributed by atoms with Crippen LogP contribution in [-0.2, 0) is 0 Å². The molecule has 5 heteroatoms. The van der Waals surface area contributed by atoms with Crippen LogP contribution in [0.1, 0.15) is 0 Å². The Labute approximate surface area is 83.7 Å². The topological polar surface area (TPSA) is 29.0 Å². The van der Waals surface area contributed by atoms with Gasteiger partial charge in [0, 0.05) is 24.7 Å². The van der Waals surface area contributed by atoms with E-state index in [9.17, 15) is 0 Å². The van der Waals surface area contributed by atoms with E-state index in [2.05, 4.69) is 30.8 Å². The van der Waals surface area contributed by atoms with Gasteiger partial charge >= 0.3 is 0 Å². The molecule has 12 heavy (non-hydrogen) atoms. The standard InChI is InChI=1S/C7H8BrN3S/c8-6-3-9-7(10-4-6)11-1-2-12-5-11/h3-4H,1-2,5H2. The molecule has 1 saturated heterocycles. The lowest BCUT2D eigenvalue weighted by atomic mass is 10.6. The van der Waals surface area contributed by atoms with Crippen molar-refractivity contribution >= 4 is 33.6 Å². The van der Waals surface area contributed by atoms with Crippen molar-refractivity contribution < 1.29 is 0 Å². The van der Waals surface area contributed by atoms with Gasteiger partial charge < -0.3 is 4.90 Å². The lowest BCUT2D eigenvalue weighted by Crippen LogP contribution is -2.20. The fraction of sp³-hybridized carbons (Fsp3) is 0.429. The van der Waals surface area contributed by atoms with E-state index in [0.717, 1.165) is 22.8 Å². The van der Waals surface area contributed by atoms with Crippen LogP contribution in [0.2, 0.25) is 0 Å². The second kappa shape index (κ2) is 3.62. The molecule has 3 nitrogen and oxygen atoms in total. The number of halogens is 1. The summed E-state index contributed by atoms with van der Waals surface area (Å²) < 4.78 is 0.929. The molecule has 1 aliphatic heterocycles. The molecule has 1 aromatic heterocycles. The maximum absolute atomic E-state index is 4.21. The Kier molecular flexibility index (Phi) is 2.51. The van der Waals surface area contributed by atoms with E-state index in [1.54, 1.807) is 12.4 Å². The first-order valence-corrected chi connectivity index (χ1v) is 5.61. The zero-order valence-corrected chi connectivity index (χ0v) is 8.81. The minimum absolute atomic E-state index is 0.836. The third kappa shape index (κ3) is 1.72. The first-order valence-electron chi connectivity index (χ1n) is 3.66. The van der Waals surface area contributed by atoms with Gasteiger partial charge in [-0.05, 0) is 15.9 Å². The van der Waals surface area contributed by atoms with Gasteiger partial charge in [-0.3, -0.25) is 0 Å². The molecule has 0 atom stereocenters. The predicted molar refractivity (Wildman–Crippen MR) is 54.4 cm³/mol. The fourth-order valence-electron chi connectivity index (χ4n) is 1.04. The summed E-state index contributed by atoms with van der Waals surface area (Å²) in [6.45, 7) is 1.06. The summed E-state index contributed by atoms with van der Waals surface area (Å²) in [5.74, 6) is 3.03. The lowest BCUT2D eigenvalue weighted by Gasteiger charge is -2.12. The van der Waals surface area contributed by atoms with E-state index < -0.39 is 0 Å². The van der Waals surface area contributed by atoms with Gasteiger partial charge in [-0.15, -0.1) is 11.8 Å². The highest BCUT2D eigenvalue weighted by Gasteiger charge is 2.14. The van der Waals surface area contributed by atoms with Crippen LogP contribution >= 0.6 is 27.7 Å². The van der Waals surface area contributed by atoms with Gasteiger partial charge in [-0.2, -0.15) is 0 Å². The van der Waals surface area contributed by atoms with Crippen molar-refractivity contribution in [2.24, 2.45) is 0 Å². The number of anilines is 1. The summed E-state index contributed by atoms with van der Waals surface area (Å²) >= 11 is 5.22. The molecule has 2 rings (SSSR count). The van der Waals surface area contributed by atoms with Gasteiger partial charge in [0.2, 0.25) is 5.95 Å². The maximum Gasteiger partial charge on any atom is 0.226 e. The second-order valence-electron chi connectivity index (χ2n) is 2.50. The van der Waals surface area contributed by atoms with Gasteiger partial charge in [-0.25, -0.2) is 9.97 Å². The van der Waals surface area contributed by atoms with Gasteiger partial charge in [0.05, 0.1) is 10.3 Å². The third-order valence-electron chi connectivity index (χ3n) is 1.64. The summed E-state index contributed by atoms with van der Waals surface area (Å²) in [5, 5.41) is 0. The summed E-state index contributed by atoms with van der Waals surface area (Å²) in [5.41, 5.74) is 0. The number of aromatic nitrogens is 2. The van der Waals surface area contributed by atoms with Gasteiger partial charge in [0.25, 0.3) is 0 Å². The van der Waals surface area contributed by atoms with Crippen LogP contribution in [0, 0.1) is 0 Å². The largest absolute Gasteiger partial charge is 0.331 e. The quantitative estimate of drug-likeness (QED) is 0.754. The highest BCUT2D eigenvalue weighted by molar-refractivity contribution is 9.10. The SMILES string of the molecule is Brc1cnc(N2CCSC2)nc1. The Hall–Kier alpha value is -0.290. The van der Waals surface area contributed by atoms with E-state index in [0.29, 0.717) is 0 Å². The Morgan fingerprint density at radius 3 is 2.75 bits per heavy atom. The molecule has 2 heterocycles. The summed E-state index contributed by atoms with van der Waals surface area (Å²) in [4.78, 5) is 10.6. The molecular formula is C7H8BrN3S. The van der Waals surface area contributed by atoms with Crippen molar-refractivity contribution in [2.75, 3.05) is 23.1 Å². The minimum atomic E-state index is 0.836. The van der Waals surface area contributed by atoms with Crippen LogP contribution in [0.25, 0.3) is 0 Å². The van der Waals surface area contributed by atoms with Gasteiger partial charge in [0.1, 0.15) is 0 Å². The van der Waals surface area contributed by atoms with Crippen LogP contribution in [0.15, 0.2) is 16.9 Å². The molecule has 0 saturated carbocycles. The molecule has 1 aliphatic rings. The van der Waals surface area contributed by atoms with Crippen LogP contribution < -0.4 is 4.90 Å². The van der Waals surface area contributed by atoms with E-state index in [1.807, 2.05) is 11.8 Å². The zero-order valence-electron chi connectivity index (χ0n) is 6.40. The summed E-state index contributed by atoms with van der Waals surface area (Å²) in [6.07, 6.45) is 3.57. The minimum Gasteiger partial charge on any atom is -0.331 e. The van der Waals surface area contributed by atoms with E-state index in [4.69, 9.17) is 0 Å². The van der Waals surface area contributed by atoms with Crippen molar-refractivity contribution in [3.8, 4) is 0 Å². The van der Waals surface area contributed by atoms with E-state index in [1.165, 1.54) is 5.75 Å². The van der Waals surface area contributed by atoms with Crippen LogP contribution in [0.5, 0.6) is 0 Å². The average Bonchev–Trinajstić information content (AvgIpc) is 2.58. The number of hydrogen-bond acceptors (Lipinski definition) is 4. The highest BCUT2D eigenvalue weighted by Crippen LogP contribution is 2.19. The average molecular weight is 246 g/mol. The molecule has 1 aromatic rings. The van der Waals surface area contributed by atoms with E-state index >= 15 is 0 Å². The van der Waals surface area contributed by atoms with E-state index in [-0.39, 0.29) is 0 Å². The normalized spacial score (nSPS) is 16.9. The molecule has 0 radical (unpaired) electrons. The van der Waals surface area contributed by atoms with Crippen LogP contribution in [-0.4, -0.2) is 28.1 Å². The van der Waals surface area contributed by atoms with Crippen molar-refractivity contribution in [2.45, 2.75) is 0 Å². The molecular weight excluding hydrogens is 238 g/mol. The van der Waals surface area contributed by atoms with Crippen molar-refractivity contribution in [1.29, 1.82) is 0 Å². The molecule has 0 unspecified atom stereocenters. The van der Waals surface area contributed by atoms with Crippen LogP contribution in [0.4, 0.5) is 5.95 Å². The van der Waals surface area contributed by atoms with Crippen molar-refractivity contribution in [3.05, 3.63) is 16.9 Å². The zero-order chi connectivity index (χ0) is 8.39. The van der Waals surface area contributed by atoms with Gasteiger partial charge in [-0.1, -0.05) is 0 Å². The third-order valence-corrected chi connectivity index (χ3v) is 3.02. The Morgan fingerprint density at radius 2 is 2.17 bits per heavy atom. The highest BCUT2D eigenvalue weighted by atomic mass is 79.9. The van der Waals surface area contributed by atoms with Crippen LogP contribution in [0.3, 0.4) is 0 Å².